The average molecular weight is 223 g/mol. The zero-order chi connectivity index (χ0) is 10.8. The van der Waals surface area contributed by atoms with Crippen LogP contribution in [0, 0.1) is 5.92 Å². The van der Waals surface area contributed by atoms with Crippen LogP contribution < -0.4 is 0 Å². The molecular weight excluding hydrogens is 208 g/mol. The predicted octanol–water partition coefficient (Wildman–Crippen LogP) is 2.70. The number of aromatic nitrogens is 1. The summed E-state index contributed by atoms with van der Waals surface area (Å²) in [4.78, 5) is 6.44. The van der Waals surface area contributed by atoms with Crippen LogP contribution in [0.2, 0.25) is 5.02 Å². The molecule has 2 rings (SSSR count). The number of likely N-dealkylation sites (N-methyl/N-ethyl adjacent to an activating group) is 1. The summed E-state index contributed by atoms with van der Waals surface area (Å²) in [5.74, 6) is 0.595. The number of hydrogen-bond donors (Lipinski definition) is 0. The van der Waals surface area contributed by atoms with Crippen molar-refractivity contribution in [2.75, 3.05) is 20.1 Å². The lowest BCUT2D eigenvalue weighted by atomic mass is 9.97. The monoisotopic (exact) mass is 222 g/mol. The van der Waals surface area contributed by atoms with Gasteiger partial charge in [-0.25, -0.2) is 0 Å². The molecule has 15 heavy (non-hydrogen) atoms. The molecule has 0 bridgehead atoms. The van der Waals surface area contributed by atoms with E-state index in [0.29, 0.717) is 10.9 Å². The number of halogens is 1. The van der Waals surface area contributed by atoms with E-state index in [9.17, 15) is 0 Å². The lowest BCUT2D eigenvalue weighted by Gasteiger charge is -2.27. The second-order valence-corrected chi connectivity index (χ2v) is 4.69. The summed E-state index contributed by atoms with van der Waals surface area (Å²) in [6, 6.07) is 1.98. The van der Waals surface area contributed by atoms with Gasteiger partial charge in [0.05, 0.1) is 5.02 Å². The van der Waals surface area contributed by atoms with Crippen LogP contribution in [0.5, 0.6) is 0 Å². The molecule has 80 valence electrons. The van der Waals surface area contributed by atoms with E-state index in [-0.39, 0.29) is 0 Å². The van der Waals surface area contributed by atoms with Crippen molar-refractivity contribution in [2.24, 2.45) is 5.92 Å². The standard InChI is InChI=1S/C12H15ClN2/c1-9-3-11(8-15(2)7-9)10-4-12(13)6-14-5-10/h3-6,9H,7-8H2,1-2H3. The molecule has 1 unspecified atom stereocenters. The first kappa shape index (κ1) is 10.7. The minimum Gasteiger partial charge on any atom is -0.302 e. The van der Waals surface area contributed by atoms with Gasteiger partial charge in [-0.15, -0.1) is 0 Å². The Morgan fingerprint density at radius 2 is 2.27 bits per heavy atom. The van der Waals surface area contributed by atoms with Gasteiger partial charge in [-0.2, -0.15) is 0 Å². The van der Waals surface area contributed by atoms with Crippen molar-refractivity contribution < 1.29 is 0 Å². The lowest BCUT2D eigenvalue weighted by molar-refractivity contribution is 0.329. The zero-order valence-corrected chi connectivity index (χ0v) is 9.83. The van der Waals surface area contributed by atoms with E-state index in [0.717, 1.165) is 18.7 Å². The second kappa shape index (κ2) is 4.33. The molecule has 0 amide bonds. The van der Waals surface area contributed by atoms with Gasteiger partial charge in [-0.1, -0.05) is 24.6 Å². The van der Waals surface area contributed by atoms with Crippen LogP contribution in [-0.2, 0) is 0 Å². The van der Waals surface area contributed by atoms with Gasteiger partial charge in [0, 0.05) is 25.5 Å². The van der Waals surface area contributed by atoms with Gasteiger partial charge in [0.2, 0.25) is 0 Å². The number of pyridine rings is 1. The third-order valence-corrected chi connectivity index (χ3v) is 2.81. The van der Waals surface area contributed by atoms with Crippen LogP contribution >= 0.6 is 11.6 Å². The summed E-state index contributed by atoms with van der Waals surface area (Å²) in [7, 11) is 2.14. The fourth-order valence-corrected chi connectivity index (χ4v) is 2.24. The van der Waals surface area contributed by atoms with Crippen LogP contribution in [0.1, 0.15) is 12.5 Å². The molecule has 1 aliphatic heterocycles. The first-order chi connectivity index (χ1) is 7.15. The van der Waals surface area contributed by atoms with Crippen LogP contribution in [0.4, 0.5) is 0 Å². The molecule has 0 aromatic carbocycles. The molecule has 0 spiro atoms. The number of rotatable bonds is 1. The van der Waals surface area contributed by atoms with Gasteiger partial charge in [0.25, 0.3) is 0 Å². The minimum atomic E-state index is 0.595. The summed E-state index contributed by atoms with van der Waals surface area (Å²) in [6.45, 7) is 4.33. The maximum Gasteiger partial charge on any atom is 0.0595 e. The zero-order valence-electron chi connectivity index (χ0n) is 9.07. The second-order valence-electron chi connectivity index (χ2n) is 4.26. The van der Waals surface area contributed by atoms with Crippen LogP contribution in [0.25, 0.3) is 5.57 Å². The summed E-state index contributed by atoms with van der Waals surface area (Å²) in [5.41, 5.74) is 2.46. The van der Waals surface area contributed by atoms with Crippen molar-refractivity contribution >= 4 is 17.2 Å². The van der Waals surface area contributed by atoms with Crippen molar-refractivity contribution in [3.05, 3.63) is 35.1 Å². The average Bonchev–Trinajstić information content (AvgIpc) is 2.16. The van der Waals surface area contributed by atoms with Gasteiger partial charge in [-0.05, 0) is 30.2 Å². The predicted molar refractivity (Wildman–Crippen MR) is 63.9 cm³/mol. The quantitative estimate of drug-likeness (QED) is 0.727. The maximum absolute atomic E-state index is 5.93. The fourth-order valence-electron chi connectivity index (χ4n) is 2.07. The van der Waals surface area contributed by atoms with Crippen LogP contribution in [0.15, 0.2) is 24.5 Å². The highest BCUT2D eigenvalue weighted by atomic mass is 35.5. The largest absolute Gasteiger partial charge is 0.302 e. The fraction of sp³-hybridized carbons (Fsp3) is 0.417. The summed E-state index contributed by atoms with van der Waals surface area (Å²) in [5, 5.41) is 0.703. The molecule has 3 heteroatoms. The molecule has 1 aliphatic rings. The van der Waals surface area contributed by atoms with Gasteiger partial charge in [-0.3, -0.25) is 4.98 Å². The molecule has 0 aliphatic carbocycles. The lowest BCUT2D eigenvalue weighted by Crippen LogP contribution is -2.29. The summed E-state index contributed by atoms with van der Waals surface area (Å²) in [6.07, 6.45) is 5.86. The molecule has 0 fully saturated rings. The van der Waals surface area contributed by atoms with Crippen LogP contribution in [-0.4, -0.2) is 30.0 Å². The highest BCUT2D eigenvalue weighted by molar-refractivity contribution is 6.30. The minimum absolute atomic E-state index is 0.595. The normalized spacial score (nSPS) is 22.6. The summed E-state index contributed by atoms with van der Waals surface area (Å²) >= 11 is 5.93. The molecule has 0 N–H and O–H groups in total. The maximum atomic E-state index is 5.93. The van der Waals surface area contributed by atoms with E-state index in [4.69, 9.17) is 11.6 Å². The Labute approximate surface area is 95.6 Å². The molecule has 1 aromatic heterocycles. The molecule has 0 saturated carbocycles. The Kier molecular flexibility index (Phi) is 3.08. The number of nitrogens with zero attached hydrogens (tertiary/aromatic N) is 2. The molecule has 2 nitrogen and oxygen atoms in total. The van der Waals surface area contributed by atoms with Gasteiger partial charge < -0.3 is 4.90 Å². The van der Waals surface area contributed by atoms with E-state index in [1.807, 2.05) is 12.3 Å². The van der Waals surface area contributed by atoms with Crippen molar-refractivity contribution in [3.8, 4) is 0 Å². The van der Waals surface area contributed by atoms with Gasteiger partial charge >= 0.3 is 0 Å². The molecule has 2 heterocycles. The first-order valence-electron chi connectivity index (χ1n) is 5.15. The van der Waals surface area contributed by atoms with E-state index < -0.39 is 0 Å². The first-order valence-corrected chi connectivity index (χ1v) is 5.53. The van der Waals surface area contributed by atoms with Crippen molar-refractivity contribution in [2.45, 2.75) is 6.92 Å². The Morgan fingerprint density at radius 1 is 1.47 bits per heavy atom. The van der Waals surface area contributed by atoms with Gasteiger partial charge in [0.15, 0.2) is 0 Å². The summed E-state index contributed by atoms with van der Waals surface area (Å²) < 4.78 is 0. The molecule has 1 atom stereocenters. The van der Waals surface area contributed by atoms with E-state index in [1.165, 1.54) is 5.57 Å². The van der Waals surface area contributed by atoms with E-state index in [2.05, 4.69) is 29.9 Å². The Hall–Kier alpha value is -0.860. The Bertz CT molecular complexity index is 387. The van der Waals surface area contributed by atoms with Crippen molar-refractivity contribution in [1.82, 2.24) is 9.88 Å². The van der Waals surface area contributed by atoms with Crippen LogP contribution in [0.3, 0.4) is 0 Å². The van der Waals surface area contributed by atoms with Crippen molar-refractivity contribution in [3.63, 3.8) is 0 Å². The third kappa shape index (κ3) is 2.58. The molecule has 0 saturated heterocycles. The molecule has 1 aromatic rings. The van der Waals surface area contributed by atoms with E-state index >= 15 is 0 Å². The molecular formula is C12H15ClN2. The smallest absolute Gasteiger partial charge is 0.0595 e. The Balaban J connectivity index is 2.30. The van der Waals surface area contributed by atoms with Gasteiger partial charge in [0.1, 0.15) is 0 Å². The highest BCUT2D eigenvalue weighted by Gasteiger charge is 2.15. The Morgan fingerprint density at radius 3 is 2.93 bits per heavy atom. The van der Waals surface area contributed by atoms with Crippen molar-refractivity contribution in [1.29, 1.82) is 0 Å². The van der Waals surface area contributed by atoms with E-state index in [1.54, 1.807) is 6.20 Å². The SMILES string of the molecule is CC1C=C(c2cncc(Cl)c2)CN(C)C1. The third-order valence-electron chi connectivity index (χ3n) is 2.60. The topological polar surface area (TPSA) is 16.1 Å². The highest BCUT2D eigenvalue weighted by Crippen LogP contribution is 2.23. The number of hydrogen-bond acceptors (Lipinski definition) is 2. The molecule has 0 radical (unpaired) electrons.